The molecule has 0 unspecified atom stereocenters. The van der Waals surface area contributed by atoms with Gasteiger partial charge in [-0.3, -0.25) is 19.2 Å². The number of carbonyl (C=O) groups excluding carboxylic acids is 4. The molecule has 0 saturated heterocycles. The van der Waals surface area contributed by atoms with Gasteiger partial charge >= 0.3 is 0 Å². The van der Waals surface area contributed by atoms with Crippen LogP contribution in [0, 0.1) is 19.8 Å². The predicted molar refractivity (Wildman–Crippen MR) is 183 cm³/mol. The molecule has 0 aliphatic carbocycles. The molecule has 5 rings (SSSR count). The lowest BCUT2D eigenvalue weighted by atomic mass is 10.0. The summed E-state index contributed by atoms with van der Waals surface area (Å²) in [5.74, 6) is -0.340. The second-order valence-corrected chi connectivity index (χ2v) is 14.0. The van der Waals surface area contributed by atoms with Gasteiger partial charge in [-0.25, -0.2) is 15.0 Å². The molecular weight excluding hydrogens is 651 g/mol. The molecule has 14 heteroatoms. The summed E-state index contributed by atoms with van der Waals surface area (Å²) in [6.45, 7) is 8.51. The Kier molecular flexibility index (Phi) is 11.7. The van der Waals surface area contributed by atoms with Crippen molar-refractivity contribution >= 4 is 46.3 Å². The summed E-state index contributed by atoms with van der Waals surface area (Å²) in [5, 5.41) is 13.7. The largest absolute Gasteiger partial charge is 0.436 e. The molecule has 4 heterocycles. The van der Waals surface area contributed by atoms with Crippen LogP contribution in [0.1, 0.15) is 110 Å². The first-order valence-electron chi connectivity index (χ1n) is 16.1. The van der Waals surface area contributed by atoms with Crippen molar-refractivity contribution in [3.8, 4) is 0 Å². The number of rotatable bonds is 5. The molecule has 254 valence electrons. The van der Waals surface area contributed by atoms with Crippen LogP contribution in [0.4, 0.5) is 0 Å². The maximum absolute atomic E-state index is 13.5. The molecule has 1 aromatic carbocycles. The highest BCUT2D eigenvalue weighted by Gasteiger charge is 2.27. The normalized spacial score (nSPS) is 18.5. The van der Waals surface area contributed by atoms with Crippen molar-refractivity contribution in [2.45, 2.75) is 71.9 Å². The third-order valence-electron chi connectivity index (χ3n) is 7.84. The number of hydrogen-bond donors (Lipinski definition) is 3. The monoisotopic (exact) mass is 691 g/mol. The molecule has 0 spiro atoms. The molecule has 0 saturated carbocycles. The van der Waals surface area contributed by atoms with E-state index in [9.17, 15) is 19.2 Å². The van der Waals surface area contributed by atoms with Gasteiger partial charge in [-0.15, -0.1) is 22.7 Å². The molecule has 0 fully saturated rings. The summed E-state index contributed by atoms with van der Waals surface area (Å²) >= 11 is 2.64. The average Bonchev–Trinajstić information content (AvgIpc) is 3.81. The zero-order chi connectivity index (χ0) is 34.2. The van der Waals surface area contributed by atoms with Crippen molar-refractivity contribution in [1.29, 1.82) is 0 Å². The van der Waals surface area contributed by atoms with Gasteiger partial charge in [0.25, 0.3) is 17.7 Å². The van der Waals surface area contributed by atoms with Crippen LogP contribution in [0.3, 0.4) is 0 Å². The minimum Gasteiger partial charge on any atom is -0.436 e. The predicted octanol–water partition coefficient (Wildman–Crippen LogP) is 5.18. The number of aromatic nitrogens is 3. The lowest BCUT2D eigenvalue weighted by Crippen LogP contribution is -2.36. The molecule has 1 aliphatic rings. The maximum Gasteiger partial charge on any atom is 0.291 e. The van der Waals surface area contributed by atoms with Crippen LogP contribution in [-0.2, 0) is 11.2 Å². The van der Waals surface area contributed by atoms with Crippen molar-refractivity contribution < 1.29 is 23.6 Å². The van der Waals surface area contributed by atoms with E-state index in [1.165, 1.54) is 22.7 Å². The summed E-state index contributed by atoms with van der Waals surface area (Å²) < 4.78 is 5.61. The van der Waals surface area contributed by atoms with E-state index >= 15 is 0 Å². The van der Waals surface area contributed by atoms with Gasteiger partial charge in [0, 0.05) is 43.7 Å². The molecule has 0 radical (unpaired) electrons. The van der Waals surface area contributed by atoms with Crippen LogP contribution in [0.25, 0.3) is 0 Å². The van der Waals surface area contributed by atoms with Gasteiger partial charge < -0.3 is 25.3 Å². The van der Waals surface area contributed by atoms with Crippen LogP contribution >= 0.6 is 22.7 Å². The van der Waals surface area contributed by atoms with Crippen LogP contribution in [0.2, 0.25) is 0 Å². The Labute approximate surface area is 287 Å². The highest BCUT2D eigenvalue weighted by molar-refractivity contribution is 7.10. The van der Waals surface area contributed by atoms with E-state index in [2.05, 4.69) is 44.7 Å². The minimum atomic E-state index is -0.500. The van der Waals surface area contributed by atoms with Gasteiger partial charge in [-0.2, -0.15) is 0 Å². The number of hydrogen-bond acceptors (Lipinski definition) is 10. The second-order valence-electron chi connectivity index (χ2n) is 12.3. The summed E-state index contributed by atoms with van der Waals surface area (Å²) in [7, 11) is 0. The lowest BCUT2D eigenvalue weighted by molar-refractivity contribution is -0.122. The van der Waals surface area contributed by atoms with Gasteiger partial charge in [0.15, 0.2) is 5.89 Å². The zero-order valence-corrected chi connectivity index (χ0v) is 29.2. The van der Waals surface area contributed by atoms with E-state index in [0.29, 0.717) is 66.9 Å². The lowest BCUT2D eigenvalue weighted by Gasteiger charge is -2.22. The molecule has 3 N–H and O–H groups in total. The first kappa shape index (κ1) is 34.9. The average molecular weight is 692 g/mol. The summed E-state index contributed by atoms with van der Waals surface area (Å²) in [6.07, 6.45) is 2.20. The van der Waals surface area contributed by atoms with E-state index in [4.69, 9.17) is 4.42 Å². The van der Waals surface area contributed by atoms with Crippen LogP contribution in [-0.4, -0.2) is 63.1 Å². The highest BCUT2D eigenvalue weighted by atomic mass is 32.1. The Hall–Kier alpha value is -4.43. The Morgan fingerprint density at radius 2 is 1.58 bits per heavy atom. The molecule has 48 heavy (non-hydrogen) atoms. The fraction of sp³-hybridized carbons (Fsp3) is 0.441. The summed E-state index contributed by atoms with van der Waals surface area (Å²) in [6, 6.07) is 8.89. The molecule has 4 amide bonds. The van der Waals surface area contributed by atoms with Crippen molar-refractivity contribution in [2.75, 3.05) is 19.6 Å². The highest BCUT2D eigenvalue weighted by Crippen LogP contribution is 2.27. The molecule has 3 aromatic heterocycles. The number of oxazole rings is 1. The maximum atomic E-state index is 13.5. The molecular formula is C34H41N7O5S2. The molecule has 2 atom stereocenters. The van der Waals surface area contributed by atoms with Gasteiger partial charge in [0.05, 0.1) is 17.8 Å². The summed E-state index contributed by atoms with van der Waals surface area (Å²) in [4.78, 5) is 68.4. The van der Waals surface area contributed by atoms with Gasteiger partial charge in [0.1, 0.15) is 21.4 Å². The van der Waals surface area contributed by atoms with E-state index < -0.39 is 6.04 Å². The standard InChI is InChI=1S/C34H41N7O5S2/c1-20(2)16-24-32-40-27(19-48-32)31(44)38-25(17-23-10-6-5-7-11-23)33-39-26(18-47-33)30(43)35-13-9-15-41(14-8-12-28(42)37-24)34(45)29-21(3)36-22(4)46-29/h5-7,10-11,18-20,24-25H,8-9,12-17H2,1-4H3,(H,35,43)(H,37,42)(H,38,44)/t24-,25-/m0/s1. The minimum absolute atomic E-state index is 0.165. The smallest absolute Gasteiger partial charge is 0.291 e. The number of nitrogens with zero attached hydrogens (tertiary/aromatic N) is 4. The van der Waals surface area contributed by atoms with Gasteiger partial charge in [0.2, 0.25) is 11.7 Å². The van der Waals surface area contributed by atoms with Crippen molar-refractivity contribution in [3.05, 3.63) is 85.4 Å². The fourth-order valence-corrected chi connectivity index (χ4v) is 7.24. The number of benzene rings is 1. The van der Waals surface area contributed by atoms with Gasteiger partial charge in [-0.05, 0) is 44.1 Å². The van der Waals surface area contributed by atoms with Crippen molar-refractivity contribution in [2.24, 2.45) is 5.92 Å². The Morgan fingerprint density at radius 1 is 0.917 bits per heavy atom. The Morgan fingerprint density at radius 3 is 2.25 bits per heavy atom. The van der Waals surface area contributed by atoms with E-state index in [1.807, 2.05) is 30.3 Å². The molecule has 12 nitrogen and oxygen atoms in total. The van der Waals surface area contributed by atoms with Crippen LogP contribution in [0.5, 0.6) is 0 Å². The Balaban J connectivity index is 1.42. The first-order valence-corrected chi connectivity index (χ1v) is 17.9. The van der Waals surface area contributed by atoms with E-state index in [1.54, 1.807) is 29.5 Å². The van der Waals surface area contributed by atoms with Crippen molar-refractivity contribution in [3.63, 3.8) is 0 Å². The number of fused-ring (bicyclic) bond motifs is 4. The number of aryl methyl sites for hydroxylation is 2. The number of thiazole rings is 2. The van der Waals surface area contributed by atoms with E-state index in [-0.39, 0.29) is 59.2 Å². The quantitative estimate of drug-likeness (QED) is 0.258. The molecule has 4 aromatic rings. The zero-order valence-electron chi connectivity index (χ0n) is 27.6. The topological polar surface area (TPSA) is 159 Å². The molecule has 1 aliphatic heterocycles. The molecule has 4 bridgehead atoms. The number of carbonyl (C=O) groups is 4. The number of amides is 4. The fourth-order valence-electron chi connectivity index (χ4n) is 5.53. The SMILES string of the molecule is Cc1nc(C)c(C(=O)N2CCCNC(=O)c3csc(n3)[C@H](Cc3ccccc3)NC(=O)c3csc(n3)[C@H](CC(C)C)NC(=O)CCC2)o1. The van der Waals surface area contributed by atoms with Crippen LogP contribution < -0.4 is 16.0 Å². The summed E-state index contributed by atoms with van der Waals surface area (Å²) in [5.41, 5.74) is 2.01. The third kappa shape index (κ3) is 9.13. The van der Waals surface area contributed by atoms with Crippen LogP contribution in [0.15, 0.2) is 45.5 Å². The number of nitrogens with one attached hydrogen (secondary N) is 3. The third-order valence-corrected chi connectivity index (χ3v) is 9.76. The Bertz CT molecular complexity index is 1730. The second kappa shape index (κ2) is 16.1. The first-order chi connectivity index (χ1) is 23.1. The van der Waals surface area contributed by atoms with Crippen molar-refractivity contribution in [1.82, 2.24) is 35.8 Å². The van der Waals surface area contributed by atoms with Gasteiger partial charge in [-0.1, -0.05) is 44.2 Å². The van der Waals surface area contributed by atoms with E-state index in [0.717, 1.165) is 5.56 Å².